The highest BCUT2D eigenvalue weighted by Crippen LogP contribution is 2.58. The van der Waals surface area contributed by atoms with Crippen molar-refractivity contribution in [2.75, 3.05) is 31.1 Å². The summed E-state index contributed by atoms with van der Waals surface area (Å²) in [6, 6.07) is 15.8. The molecule has 216 valence electrons. The third-order valence-electron chi connectivity index (χ3n) is 9.16. The monoisotopic (exact) mass is 568 g/mol. The number of amides is 3. The van der Waals surface area contributed by atoms with Gasteiger partial charge in [0.15, 0.2) is 0 Å². The van der Waals surface area contributed by atoms with E-state index >= 15 is 0 Å². The first-order valence-electron chi connectivity index (χ1n) is 14.3. The molecule has 5 atom stereocenters. The van der Waals surface area contributed by atoms with Crippen molar-refractivity contribution in [3.05, 3.63) is 78.9 Å². The van der Waals surface area contributed by atoms with Crippen LogP contribution in [0.3, 0.4) is 0 Å². The van der Waals surface area contributed by atoms with E-state index in [-0.39, 0.29) is 44.1 Å². The van der Waals surface area contributed by atoms with E-state index in [0.717, 1.165) is 11.2 Å². The van der Waals surface area contributed by atoms with E-state index in [1.807, 2.05) is 85.8 Å². The largest absolute Gasteiger partial charge is 0.395 e. The van der Waals surface area contributed by atoms with Crippen molar-refractivity contribution in [2.45, 2.75) is 37.3 Å². The number of rotatable bonds is 6. The van der Waals surface area contributed by atoms with Crippen molar-refractivity contribution in [3.8, 4) is 0 Å². The maximum Gasteiger partial charge on any atom is 0.250 e. The molecule has 0 saturated carbocycles. The number of likely N-dealkylation sites (tertiary alicyclic amines) is 1. The first-order valence-corrected chi connectivity index (χ1v) is 14.3. The van der Waals surface area contributed by atoms with Crippen molar-refractivity contribution < 1.29 is 24.2 Å². The standard InChI is InChI=1S/C31H32N6O5/c1-2-30-14-8-17-35(21-10-4-3-5-11-21)27(39)24(30)25-28(40)36(18-19-38)26-29(41)34(16-9-15-31(25,26)42-30)20-37-23-13-7-6-12-22(23)32-33-37/h3-15,24-26,38H,2,16-20H2,1H3/t24-,25+,26?,30+,31+/m1/s1. The van der Waals surface area contributed by atoms with Crippen LogP contribution in [-0.4, -0.2) is 91.1 Å². The van der Waals surface area contributed by atoms with Gasteiger partial charge in [0.25, 0.3) is 5.91 Å². The first kappa shape index (κ1) is 26.5. The Hall–Kier alpha value is -4.35. The summed E-state index contributed by atoms with van der Waals surface area (Å²) in [4.78, 5) is 47.9. The predicted molar refractivity (Wildman–Crippen MR) is 153 cm³/mol. The van der Waals surface area contributed by atoms with E-state index in [0.29, 0.717) is 18.5 Å². The number of β-amino-alcohol motifs (C(OH)–C–C–N with tert-alkyl or cyclic N) is 1. The molecule has 3 aromatic rings. The number of nitrogens with zero attached hydrogens (tertiary/aromatic N) is 6. The molecule has 11 heteroatoms. The molecule has 2 saturated heterocycles. The number of benzene rings is 2. The Morgan fingerprint density at radius 2 is 1.69 bits per heavy atom. The molecule has 0 bridgehead atoms. The Labute approximate surface area is 242 Å². The van der Waals surface area contributed by atoms with Gasteiger partial charge in [0.05, 0.1) is 29.6 Å². The second-order valence-electron chi connectivity index (χ2n) is 11.2. The van der Waals surface area contributed by atoms with Crippen molar-refractivity contribution in [1.29, 1.82) is 0 Å². The first-order chi connectivity index (χ1) is 20.4. The molecule has 42 heavy (non-hydrogen) atoms. The Balaban J connectivity index is 1.31. The lowest BCUT2D eigenvalue weighted by molar-refractivity contribution is -0.153. The lowest BCUT2D eigenvalue weighted by Crippen LogP contribution is -2.56. The van der Waals surface area contributed by atoms with Gasteiger partial charge in [0.1, 0.15) is 23.8 Å². The summed E-state index contributed by atoms with van der Waals surface area (Å²) in [7, 11) is 0. The number of carbonyl (C=O) groups excluding carboxylic acids is 3. The number of hydrogen-bond acceptors (Lipinski definition) is 7. The van der Waals surface area contributed by atoms with Crippen molar-refractivity contribution >= 4 is 34.4 Å². The van der Waals surface area contributed by atoms with Gasteiger partial charge in [-0.15, -0.1) is 5.10 Å². The summed E-state index contributed by atoms with van der Waals surface area (Å²) < 4.78 is 8.61. The predicted octanol–water partition coefficient (Wildman–Crippen LogP) is 1.74. The van der Waals surface area contributed by atoms with Crippen LogP contribution >= 0.6 is 0 Å². The number of carbonyl (C=O) groups is 3. The minimum atomic E-state index is -1.39. The molecule has 1 spiro atoms. The van der Waals surface area contributed by atoms with Crippen LogP contribution in [0.25, 0.3) is 11.0 Å². The number of aliphatic hydroxyl groups is 1. The number of fused-ring (bicyclic) bond motifs is 3. The molecule has 4 aliphatic rings. The SMILES string of the molecule is CC[C@]12C=CCN(c3ccccc3)C(=O)[C@H]1[C@H]1C(=O)N(CCO)C3C(=O)N(Cn4nnc5ccccc54)CC=C[C@@]31O2. The number of hydrogen-bond donors (Lipinski definition) is 1. The van der Waals surface area contributed by atoms with Crippen molar-refractivity contribution in [2.24, 2.45) is 11.8 Å². The smallest absolute Gasteiger partial charge is 0.250 e. The van der Waals surface area contributed by atoms with Crippen molar-refractivity contribution in [1.82, 2.24) is 24.8 Å². The number of anilines is 1. The zero-order valence-electron chi connectivity index (χ0n) is 23.2. The highest BCUT2D eigenvalue weighted by atomic mass is 16.5. The molecule has 3 amide bonds. The average molecular weight is 569 g/mol. The normalized spacial score (nSPS) is 30.5. The van der Waals surface area contributed by atoms with Crippen LogP contribution in [0.15, 0.2) is 78.9 Å². The minimum absolute atomic E-state index is 0.0525. The maximum atomic E-state index is 14.4. The summed E-state index contributed by atoms with van der Waals surface area (Å²) in [6.45, 7) is 2.27. The van der Waals surface area contributed by atoms with Gasteiger partial charge in [-0.25, -0.2) is 4.68 Å². The van der Waals surface area contributed by atoms with E-state index in [4.69, 9.17) is 4.74 Å². The van der Waals surface area contributed by atoms with Gasteiger partial charge in [-0.1, -0.05) is 66.8 Å². The van der Waals surface area contributed by atoms with E-state index in [1.54, 1.807) is 14.5 Å². The summed E-state index contributed by atoms with van der Waals surface area (Å²) in [6.07, 6.45) is 7.93. The lowest BCUT2D eigenvalue weighted by atomic mass is 9.73. The Kier molecular flexibility index (Phi) is 6.25. The molecular weight excluding hydrogens is 536 g/mol. The second kappa shape index (κ2) is 9.88. The van der Waals surface area contributed by atoms with Gasteiger partial charge in [-0.3, -0.25) is 14.4 Å². The molecule has 1 unspecified atom stereocenters. The van der Waals surface area contributed by atoms with Gasteiger partial charge >= 0.3 is 0 Å². The number of aliphatic hydroxyl groups excluding tert-OH is 1. The summed E-state index contributed by atoms with van der Waals surface area (Å²) >= 11 is 0. The molecule has 1 aromatic heterocycles. The third-order valence-corrected chi connectivity index (χ3v) is 9.16. The highest BCUT2D eigenvalue weighted by Gasteiger charge is 2.75. The molecule has 5 heterocycles. The number of aromatic nitrogens is 3. The molecular formula is C31H32N6O5. The fourth-order valence-corrected chi connectivity index (χ4v) is 7.31. The summed E-state index contributed by atoms with van der Waals surface area (Å²) in [5.74, 6) is -2.71. The van der Waals surface area contributed by atoms with E-state index in [2.05, 4.69) is 10.3 Å². The van der Waals surface area contributed by atoms with Crippen LogP contribution < -0.4 is 4.90 Å². The minimum Gasteiger partial charge on any atom is -0.395 e. The van der Waals surface area contributed by atoms with Gasteiger partial charge in [-0.05, 0) is 30.7 Å². The topological polar surface area (TPSA) is 121 Å². The molecule has 2 fully saturated rings. The van der Waals surface area contributed by atoms with Crippen LogP contribution in [-0.2, 0) is 25.8 Å². The summed E-state index contributed by atoms with van der Waals surface area (Å²) in [5, 5.41) is 18.4. The Morgan fingerprint density at radius 1 is 0.929 bits per heavy atom. The van der Waals surface area contributed by atoms with E-state index in [1.165, 1.54) is 4.90 Å². The van der Waals surface area contributed by atoms with E-state index < -0.39 is 29.1 Å². The Morgan fingerprint density at radius 3 is 2.48 bits per heavy atom. The number of ether oxygens (including phenoxy) is 1. The zero-order chi connectivity index (χ0) is 29.1. The molecule has 1 N–H and O–H groups in total. The van der Waals surface area contributed by atoms with Crippen LogP contribution in [0.2, 0.25) is 0 Å². The van der Waals surface area contributed by atoms with Crippen LogP contribution in [0.4, 0.5) is 5.69 Å². The fraction of sp³-hybridized carbons (Fsp3) is 0.387. The van der Waals surface area contributed by atoms with Crippen LogP contribution in [0, 0.1) is 11.8 Å². The van der Waals surface area contributed by atoms with Gasteiger partial charge in [-0.2, -0.15) is 0 Å². The Bertz CT molecular complexity index is 1620. The van der Waals surface area contributed by atoms with Gasteiger partial charge < -0.3 is 24.5 Å². The molecule has 0 aliphatic carbocycles. The average Bonchev–Trinajstić information content (AvgIpc) is 3.54. The van der Waals surface area contributed by atoms with Crippen LogP contribution in [0.1, 0.15) is 13.3 Å². The summed E-state index contributed by atoms with van der Waals surface area (Å²) in [5.41, 5.74) is -0.244. The third kappa shape index (κ3) is 3.69. The zero-order valence-corrected chi connectivity index (χ0v) is 23.2. The van der Waals surface area contributed by atoms with Crippen molar-refractivity contribution in [3.63, 3.8) is 0 Å². The molecule has 0 radical (unpaired) electrons. The van der Waals surface area contributed by atoms with Gasteiger partial charge in [0.2, 0.25) is 11.8 Å². The quantitative estimate of drug-likeness (QED) is 0.450. The van der Waals surface area contributed by atoms with Crippen LogP contribution in [0.5, 0.6) is 0 Å². The van der Waals surface area contributed by atoms with Gasteiger partial charge in [0, 0.05) is 25.3 Å². The fourth-order valence-electron chi connectivity index (χ4n) is 7.31. The van der Waals surface area contributed by atoms with E-state index in [9.17, 15) is 19.5 Å². The lowest BCUT2D eigenvalue weighted by Gasteiger charge is -2.38. The molecule has 2 aromatic carbocycles. The molecule has 4 aliphatic heterocycles. The molecule has 11 nitrogen and oxygen atoms in total. The number of para-hydroxylation sites is 2. The molecule has 7 rings (SSSR count). The maximum absolute atomic E-state index is 14.4. The highest BCUT2D eigenvalue weighted by molar-refractivity contribution is 6.04. The second-order valence-corrected chi connectivity index (χ2v) is 11.2.